The van der Waals surface area contributed by atoms with E-state index in [9.17, 15) is 9.59 Å². The van der Waals surface area contributed by atoms with Crippen LogP contribution in [0.3, 0.4) is 0 Å². The van der Waals surface area contributed by atoms with Crippen molar-refractivity contribution in [3.63, 3.8) is 0 Å². The summed E-state index contributed by atoms with van der Waals surface area (Å²) in [5.74, 6) is 0. The second-order valence-electron chi connectivity index (χ2n) is 3.31. The van der Waals surface area contributed by atoms with Gasteiger partial charge in [-0.2, -0.15) is 10.2 Å². The summed E-state index contributed by atoms with van der Waals surface area (Å²) in [7, 11) is 1.51. The van der Waals surface area contributed by atoms with Gasteiger partial charge in [0.05, 0.1) is 13.1 Å². The van der Waals surface area contributed by atoms with Crippen LogP contribution in [0.5, 0.6) is 0 Å². The van der Waals surface area contributed by atoms with Gasteiger partial charge < -0.3 is 0 Å². The minimum Gasteiger partial charge on any atom is -0.271 e. The van der Waals surface area contributed by atoms with Crippen molar-refractivity contribution >= 4 is 0 Å². The summed E-state index contributed by atoms with van der Waals surface area (Å²) >= 11 is 0. The topological polar surface area (TPSA) is 74.7 Å². The first-order valence-corrected chi connectivity index (χ1v) is 4.79. The molecule has 0 saturated heterocycles. The number of aromatic nitrogens is 5. The normalized spacial score (nSPS) is 10.6. The zero-order chi connectivity index (χ0) is 11.5. The fourth-order valence-electron chi connectivity index (χ4n) is 1.37. The molecule has 2 aromatic heterocycles. The Morgan fingerprint density at radius 1 is 1.25 bits per heavy atom. The maximum absolute atomic E-state index is 11.6. The standard InChI is InChI=1S/C9H11N5O2/c1-12-9(16)14(8(15)7-11-12)6-5-13-4-2-3-10-13/h2-4,7H,5-6H2,1H3. The summed E-state index contributed by atoms with van der Waals surface area (Å²) in [5.41, 5.74) is -0.810. The van der Waals surface area contributed by atoms with Crippen LogP contribution in [0, 0.1) is 0 Å². The molecule has 0 aromatic carbocycles. The highest BCUT2D eigenvalue weighted by molar-refractivity contribution is 4.79. The van der Waals surface area contributed by atoms with Gasteiger partial charge in [-0.05, 0) is 6.07 Å². The van der Waals surface area contributed by atoms with E-state index in [0.717, 1.165) is 15.4 Å². The van der Waals surface area contributed by atoms with E-state index in [-0.39, 0.29) is 6.54 Å². The predicted molar refractivity (Wildman–Crippen MR) is 56.0 cm³/mol. The van der Waals surface area contributed by atoms with E-state index in [1.54, 1.807) is 23.1 Å². The van der Waals surface area contributed by atoms with Gasteiger partial charge in [0.2, 0.25) is 0 Å². The van der Waals surface area contributed by atoms with Gasteiger partial charge >= 0.3 is 5.69 Å². The Bertz CT molecular complexity index is 581. The van der Waals surface area contributed by atoms with Crippen molar-refractivity contribution in [2.24, 2.45) is 7.05 Å². The molecule has 0 bridgehead atoms. The Kier molecular flexibility index (Phi) is 2.67. The third-order valence-corrected chi connectivity index (χ3v) is 2.23. The molecule has 0 saturated carbocycles. The summed E-state index contributed by atoms with van der Waals surface area (Å²) in [4.78, 5) is 23.0. The molecule has 0 spiro atoms. The van der Waals surface area contributed by atoms with Crippen LogP contribution in [-0.2, 0) is 20.1 Å². The summed E-state index contributed by atoms with van der Waals surface area (Å²) in [6.07, 6.45) is 4.55. The fourth-order valence-corrected chi connectivity index (χ4v) is 1.37. The van der Waals surface area contributed by atoms with Crippen molar-refractivity contribution in [2.75, 3.05) is 0 Å². The van der Waals surface area contributed by atoms with Crippen molar-refractivity contribution in [3.8, 4) is 0 Å². The molecule has 0 radical (unpaired) electrons. The number of hydrogen-bond donors (Lipinski definition) is 0. The maximum Gasteiger partial charge on any atom is 0.347 e. The average molecular weight is 221 g/mol. The zero-order valence-corrected chi connectivity index (χ0v) is 8.78. The monoisotopic (exact) mass is 221 g/mol. The first kappa shape index (κ1) is 10.3. The molecule has 0 aliphatic heterocycles. The van der Waals surface area contributed by atoms with E-state index in [1.807, 2.05) is 0 Å². The number of hydrogen-bond acceptors (Lipinski definition) is 4. The first-order valence-electron chi connectivity index (χ1n) is 4.79. The molecule has 0 unspecified atom stereocenters. The second kappa shape index (κ2) is 4.13. The SMILES string of the molecule is Cn1ncc(=O)n(CCn2cccn2)c1=O. The molecule has 7 heteroatoms. The lowest BCUT2D eigenvalue weighted by molar-refractivity contribution is 0.478. The average Bonchev–Trinajstić information content (AvgIpc) is 2.77. The Morgan fingerprint density at radius 2 is 2.06 bits per heavy atom. The summed E-state index contributed by atoms with van der Waals surface area (Å²) in [6, 6.07) is 1.79. The third-order valence-electron chi connectivity index (χ3n) is 2.23. The Hall–Kier alpha value is -2.18. The lowest BCUT2D eigenvalue weighted by Gasteiger charge is -2.05. The smallest absolute Gasteiger partial charge is 0.271 e. The van der Waals surface area contributed by atoms with Crippen molar-refractivity contribution in [1.82, 2.24) is 24.1 Å². The maximum atomic E-state index is 11.6. The van der Waals surface area contributed by atoms with E-state index in [1.165, 1.54) is 7.05 Å². The molecule has 84 valence electrons. The third kappa shape index (κ3) is 1.92. The van der Waals surface area contributed by atoms with Crippen LogP contribution in [0.4, 0.5) is 0 Å². The Labute approximate surface area is 90.6 Å². The number of aryl methyl sites for hydroxylation is 2. The highest BCUT2D eigenvalue weighted by Crippen LogP contribution is 1.85. The van der Waals surface area contributed by atoms with Crippen molar-refractivity contribution in [2.45, 2.75) is 13.1 Å². The molecule has 0 fully saturated rings. The minimum atomic E-state index is -0.417. The summed E-state index contributed by atoms with van der Waals surface area (Å²) in [6.45, 7) is 0.766. The van der Waals surface area contributed by atoms with Crippen LogP contribution >= 0.6 is 0 Å². The van der Waals surface area contributed by atoms with Crippen LogP contribution in [-0.4, -0.2) is 24.1 Å². The predicted octanol–water partition coefficient (Wildman–Crippen LogP) is -1.16. The second-order valence-corrected chi connectivity index (χ2v) is 3.31. The van der Waals surface area contributed by atoms with Gasteiger partial charge in [-0.3, -0.25) is 14.0 Å². The van der Waals surface area contributed by atoms with E-state index in [0.29, 0.717) is 6.54 Å². The largest absolute Gasteiger partial charge is 0.347 e. The zero-order valence-electron chi connectivity index (χ0n) is 8.78. The van der Waals surface area contributed by atoms with Gasteiger partial charge in [0.15, 0.2) is 0 Å². The summed E-state index contributed by atoms with van der Waals surface area (Å²) < 4.78 is 3.92. The van der Waals surface area contributed by atoms with Gasteiger partial charge in [0, 0.05) is 19.4 Å². The number of rotatable bonds is 3. The van der Waals surface area contributed by atoms with Crippen molar-refractivity contribution in [3.05, 3.63) is 45.5 Å². The molecular formula is C9H11N5O2. The van der Waals surface area contributed by atoms with Crippen LogP contribution in [0.15, 0.2) is 34.2 Å². The van der Waals surface area contributed by atoms with Gasteiger partial charge in [0.1, 0.15) is 6.20 Å². The van der Waals surface area contributed by atoms with E-state index in [2.05, 4.69) is 10.2 Å². The van der Waals surface area contributed by atoms with E-state index < -0.39 is 11.2 Å². The van der Waals surface area contributed by atoms with Gasteiger partial charge in [-0.15, -0.1) is 0 Å². The minimum absolute atomic E-state index is 0.287. The molecule has 0 aliphatic rings. The highest BCUT2D eigenvalue weighted by Gasteiger charge is 2.03. The lowest BCUT2D eigenvalue weighted by Crippen LogP contribution is -2.40. The van der Waals surface area contributed by atoms with Crippen molar-refractivity contribution in [1.29, 1.82) is 0 Å². The Morgan fingerprint density at radius 3 is 2.75 bits per heavy atom. The molecule has 0 N–H and O–H groups in total. The fraction of sp³-hybridized carbons (Fsp3) is 0.333. The molecule has 0 atom stereocenters. The molecule has 0 amide bonds. The molecular weight excluding hydrogens is 210 g/mol. The van der Waals surface area contributed by atoms with E-state index >= 15 is 0 Å². The first-order chi connectivity index (χ1) is 7.68. The quantitative estimate of drug-likeness (QED) is 0.655. The van der Waals surface area contributed by atoms with Crippen LogP contribution < -0.4 is 11.2 Å². The van der Waals surface area contributed by atoms with Gasteiger partial charge in [0.25, 0.3) is 5.56 Å². The Balaban J connectivity index is 2.25. The van der Waals surface area contributed by atoms with Crippen molar-refractivity contribution < 1.29 is 0 Å². The summed E-state index contributed by atoms with van der Waals surface area (Å²) in [5, 5.41) is 7.62. The van der Waals surface area contributed by atoms with Crippen LogP contribution in [0.1, 0.15) is 0 Å². The van der Waals surface area contributed by atoms with Crippen LogP contribution in [0.25, 0.3) is 0 Å². The van der Waals surface area contributed by atoms with Crippen LogP contribution in [0.2, 0.25) is 0 Å². The molecule has 0 aliphatic carbocycles. The van der Waals surface area contributed by atoms with E-state index in [4.69, 9.17) is 0 Å². The molecule has 16 heavy (non-hydrogen) atoms. The molecule has 2 aromatic rings. The lowest BCUT2D eigenvalue weighted by atomic mass is 10.6. The highest BCUT2D eigenvalue weighted by atomic mass is 16.2. The van der Waals surface area contributed by atoms with Gasteiger partial charge in [-0.25, -0.2) is 9.48 Å². The van der Waals surface area contributed by atoms with Gasteiger partial charge in [-0.1, -0.05) is 0 Å². The molecule has 7 nitrogen and oxygen atoms in total. The number of nitrogens with zero attached hydrogens (tertiary/aromatic N) is 5. The molecule has 2 rings (SSSR count). The molecule has 2 heterocycles.